The molecule has 0 unspecified atom stereocenters. The number of fused-ring (bicyclic) bond motifs is 8. The molecule has 0 saturated carbocycles. The first kappa shape index (κ1) is 41.3. The molecular weight excluding hydrogens is 799 g/mol. The zero-order chi connectivity index (χ0) is 43.7. The number of azo groups is 1. The maximum Gasteiger partial charge on any atom is 0.269 e. The summed E-state index contributed by atoms with van der Waals surface area (Å²) in [6, 6.07) is 58.7. The fourth-order valence-corrected chi connectivity index (χ4v) is 8.14. The molecule has 8 bridgehead atoms. The summed E-state index contributed by atoms with van der Waals surface area (Å²) in [5, 5.41) is 32.7. The number of benzene rings is 8. The normalized spacial score (nSPS) is 12.1. The Morgan fingerprint density at radius 2 is 0.750 bits per heavy atom. The van der Waals surface area contributed by atoms with Crippen molar-refractivity contribution >= 4 is 17.1 Å². The van der Waals surface area contributed by atoms with Crippen molar-refractivity contribution in [3.63, 3.8) is 0 Å². The summed E-state index contributed by atoms with van der Waals surface area (Å²) >= 11 is 0. The minimum absolute atomic E-state index is 0.0315. The fourth-order valence-electron chi connectivity index (χ4n) is 8.14. The molecule has 0 spiro atoms. The highest BCUT2D eigenvalue weighted by Crippen LogP contribution is 2.41. The van der Waals surface area contributed by atoms with E-state index in [4.69, 9.17) is 14.2 Å². The van der Waals surface area contributed by atoms with Crippen molar-refractivity contribution in [2.75, 3.05) is 0 Å². The Balaban J connectivity index is 1.20. The number of nitrogens with zero attached hydrogens (tertiary/aromatic N) is 3. The van der Waals surface area contributed by atoms with Crippen LogP contribution in [0, 0.1) is 10.1 Å². The van der Waals surface area contributed by atoms with Gasteiger partial charge in [0.2, 0.25) is 0 Å². The van der Waals surface area contributed by atoms with Gasteiger partial charge in [-0.2, -0.15) is 10.2 Å². The van der Waals surface area contributed by atoms with Crippen molar-refractivity contribution in [3.05, 3.63) is 253 Å². The van der Waals surface area contributed by atoms with Gasteiger partial charge in [0, 0.05) is 48.9 Å². The number of ether oxygens (including phenoxy) is 3. The lowest BCUT2D eigenvalue weighted by atomic mass is 9.91. The van der Waals surface area contributed by atoms with Crippen molar-refractivity contribution < 1.29 is 24.2 Å². The van der Waals surface area contributed by atoms with E-state index in [9.17, 15) is 15.2 Å². The van der Waals surface area contributed by atoms with E-state index in [2.05, 4.69) is 52.7 Å². The van der Waals surface area contributed by atoms with E-state index in [1.165, 1.54) is 12.1 Å². The molecule has 8 aromatic carbocycles. The number of hydrogen-bond donors (Lipinski definition) is 1. The molecule has 9 heteroatoms. The van der Waals surface area contributed by atoms with Gasteiger partial charge in [-0.05, 0) is 74.3 Å². The van der Waals surface area contributed by atoms with Crippen LogP contribution < -0.4 is 14.2 Å². The predicted molar refractivity (Wildman–Crippen MR) is 248 cm³/mol. The van der Waals surface area contributed by atoms with Crippen LogP contribution >= 0.6 is 0 Å². The van der Waals surface area contributed by atoms with Crippen LogP contribution in [-0.4, -0.2) is 10.0 Å². The third-order valence-corrected chi connectivity index (χ3v) is 11.3. The zero-order valence-electron chi connectivity index (χ0n) is 35.1. The highest BCUT2D eigenvalue weighted by Gasteiger charge is 2.22. The topological polar surface area (TPSA) is 116 Å². The van der Waals surface area contributed by atoms with Crippen LogP contribution in [0.25, 0.3) is 0 Å². The van der Waals surface area contributed by atoms with Crippen LogP contribution in [0.15, 0.2) is 192 Å². The summed E-state index contributed by atoms with van der Waals surface area (Å²) in [6.45, 7) is 1.10. The quantitative estimate of drug-likeness (QED) is 0.0744. The van der Waals surface area contributed by atoms with E-state index in [0.717, 1.165) is 67.3 Å². The van der Waals surface area contributed by atoms with Gasteiger partial charge >= 0.3 is 0 Å². The van der Waals surface area contributed by atoms with Gasteiger partial charge in [0.25, 0.3) is 5.69 Å². The number of phenolic OH excluding ortho intramolecular Hbond substituents is 1. The second kappa shape index (κ2) is 19.3. The molecule has 9 nitrogen and oxygen atoms in total. The minimum atomic E-state index is -0.447. The van der Waals surface area contributed by atoms with E-state index < -0.39 is 4.92 Å². The molecule has 0 atom stereocenters. The van der Waals surface area contributed by atoms with E-state index in [1.54, 1.807) is 12.1 Å². The third-order valence-electron chi connectivity index (χ3n) is 11.3. The van der Waals surface area contributed by atoms with Crippen molar-refractivity contribution in [2.24, 2.45) is 10.2 Å². The Labute approximate surface area is 372 Å². The largest absolute Gasteiger partial charge is 0.507 e. The number of aromatic hydroxyl groups is 1. The van der Waals surface area contributed by atoms with Gasteiger partial charge in [-0.25, -0.2) is 0 Å². The average Bonchev–Trinajstić information content (AvgIpc) is 3.32. The standard InChI is InChI=1S/C55H45N3O6/c59-52-47-31-45-23-11-21-43(54(45)63-36-39-15-6-2-7-16-39)29-41-19-10-20-42(53(41)62-35-38-13-4-1-5-14-38)30-44-22-12-24-46(55(44)64-37-40-17-8-3-9-18-40)32-48(52)34-50(33-47)57-56-49-25-27-51(28-26-49)58(60)61/h1-28,33-34,59H,29-32,35-37H2. The zero-order valence-corrected chi connectivity index (χ0v) is 35.1. The van der Waals surface area contributed by atoms with Crippen molar-refractivity contribution in [1.29, 1.82) is 0 Å². The first-order valence-electron chi connectivity index (χ1n) is 21.3. The molecule has 0 amide bonds. The molecule has 1 aliphatic rings. The summed E-state index contributed by atoms with van der Waals surface area (Å²) in [5.74, 6) is 2.43. The van der Waals surface area contributed by atoms with Gasteiger partial charge in [0.1, 0.15) is 42.8 Å². The number of phenols is 1. The second-order valence-electron chi connectivity index (χ2n) is 15.8. The van der Waals surface area contributed by atoms with Gasteiger partial charge < -0.3 is 19.3 Å². The predicted octanol–water partition coefficient (Wildman–Crippen LogP) is 13.1. The maximum absolute atomic E-state index is 12.3. The summed E-state index contributed by atoms with van der Waals surface area (Å²) in [4.78, 5) is 10.9. The molecule has 0 heterocycles. The Morgan fingerprint density at radius 3 is 1.09 bits per heavy atom. The SMILES string of the molecule is O=[N+]([O-])c1ccc(N=Nc2cc3c(O)c(c2)Cc2cccc(c2OCc2ccccc2)Cc2cccc(c2OCc2ccccc2)Cc2cccc(c2OCc2ccccc2)C3)cc1. The molecule has 8 aromatic rings. The molecule has 0 aliphatic heterocycles. The van der Waals surface area contributed by atoms with Gasteiger partial charge in [-0.1, -0.05) is 146 Å². The molecule has 64 heavy (non-hydrogen) atoms. The number of rotatable bonds is 12. The number of non-ortho nitro benzene ring substituents is 1. The number of nitro groups is 1. The Bertz CT molecular complexity index is 2780. The van der Waals surface area contributed by atoms with E-state index >= 15 is 0 Å². The number of para-hydroxylation sites is 3. The van der Waals surface area contributed by atoms with Crippen LogP contribution in [0.2, 0.25) is 0 Å². The number of nitro benzene ring substituents is 1. The summed E-state index contributed by atoms with van der Waals surface area (Å²) in [6.07, 6.45) is 1.70. The smallest absolute Gasteiger partial charge is 0.269 e. The molecule has 0 radical (unpaired) electrons. The van der Waals surface area contributed by atoms with Gasteiger partial charge in [-0.15, -0.1) is 0 Å². The fraction of sp³-hybridized carbons (Fsp3) is 0.127. The molecule has 316 valence electrons. The molecule has 0 fully saturated rings. The minimum Gasteiger partial charge on any atom is -0.507 e. The highest BCUT2D eigenvalue weighted by molar-refractivity contribution is 5.59. The lowest BCUT2D eigenvalue weighted by Crippen LogP contribution is -2.08. The van der Waals surface area contributed by atoms with Crippen LogP contribution in [0.1, 0.15) is 61.2 Å². The second-order valence-corrected chi connectivity index (χ2v) is 15.8. The molecule has 1 N–H and O–H groups in total. The maximum atomic E-state index is 12.3. The Morgan fingerprint density at radius 1 is 0.422 bits per heavy atom. The molecule has 0 saturated heterocycles. The Hall–Kier alpha value is -8.04. The van der Waals surface area contributed by atoms with Crippen LogP contribution in [0.3, 0.4) is 0 Å². The third kappa shape index (κ3) is 9.85. The lowest BCUT2D eigenvalue weighted by Gasteiger charge is -2.22. The van der Waals surface area contributed by atoms with Crippen LogP contribution in [0.5, 0.6) is 23.0 Å². The lowest BCUT2D eigenvalue weighted by molar-refractivity contribution is -0.384. The van der Waals surface area contributed by atoms with Gasteiger partial charge in [-0.3, -0.25) is 10.1 Å². The van der Waals surface area contributed by atoms with Crippen molar-refractivity contribution in [1.82, 2.24) is 0 Å². The van der Waals surface area contributed by atoms with Gasteiger partial charge in [0.05, 0.1) is 16.3 Å². The molecule has 0 aromatic heterocycles. The first-order chi connectivity index (χ1) is 31.4. The van der Waals surface area contributed by atoms with Crippen LogP contribution in [-0.2, 0) is 45.5 Å². The van der Waals surface area contributed by atoms with E-state index in [1.807, 2.05) is 115 Å². The average molecular weight is 844 g/mol. The highest BCUT2D eigenvalue weighted by atomic mass is 16.6. The summed E-state index contributed by atoms with van der Waals surface area (Å²) in [7, 11) is 0. The Kier molecular flexibility index (Phi) is 12.5. The monoisotopic (exact) mass is 843 g/mol. The van der Waals surface area contributed by atoms with E-state index in [-0.39, 0.29) is 11.4 Å². The van der Waals surface area contributed by atoms with Crippen molar-refractivity contribution in [2.45, 2.75) is 45.5 Å². The number of hydrogen-bond acceptors (Lipinski definition) is 8. The van der Waals surface area contributed by atoms with Gasteiger partial charge in [0.15, 0.2) is 0 Å². The molecule has 1 aliphatic carbocycles. The van der Waals surface area contributed by atoms with Crippen molar-refractivity contribution in [3.8, 4) is 23.0 Å². The molecule has 9 rings (SSSR count). The first-order valence-corrected chi connectivity index (χ1v) is 21.3. The summed E-state index contributed by atoms with van der Waals surface area (Å²) in [5.41, 5.74) is 11.1. The summed E-state index contributed by atoms with van der Waals surface area (Å²) < 4.78 is 20.4. The van der Waals surface area contributed by atoms with E-state index in [0.29, 0.717) is 68.0 Å². The van der Waals surface area contributed by atoms with Crippen LogP contribution in [0.4, 0.5) is 17.1 Å². The molecular formula is C55H45N3O6.